The van der Waals surface area contributed by atoms with Crippen molar-refractivity contribution in [1.82, 2.24) is 0 Å². The summed E-state index contributed by atoms with van der Waals surface area (Å²) in [6, 6.07) is 3.89. The van der Waals surface area contributed by atoms with E-state index in [9.17, 15) is 8.78 Å². The third kappa shape index (κ3) is 7.54. The molecular formula is C27H40F2. The highest BCUT2D eigenvalue weighted by molar-refractivity contribution is 5.66. The lowest BCUT2D eigenvalue weighted by Gasteiger charge is -2.29. The standard InChI is InChI=1S/C27H40F2/c1-2-3-4-7-21-10-12-22(13-11-21)8-5-6-9-23-14-16-24(17-15-23)25-18-26(28)20-27(29)19-25/h16,18-23H,2-15,17H2,1H3. The topological polar surface area (TPSA) is 0 Å². The van der Waals surface area contributed by atoms with Gasteiger partial charge in [-0.15, -0.1) is 0 Å². The summed E-state index contributed by atoms with van der Waals surface area (Å²) in [5.74, 6) is 1.81. The van der Waals surface area contributed by atoms with Crippen LogP contribution in [-0.2, 0) is 0 Å². The van der Waals surface area contributed by atoms with Gasteiger partial charge in [0.1, 0.15) is 11.6 Å². The Morgan fingerprint density at radius 3 is 1.79 bits per heavy atom. The predicted octanol–water partition coefficient (Wildman–Crippen LogP) is 9.10. The zero-order valence-corrected chi connectivity index (χ0v) is 18.4. The first-order valence-corrected chi connectivity index (χ1v) is 12.3. The summed E-state index contributed by atoms with van der Waals surface area (Å²) in [6.45, 7) is 2.30. The molecule has 1 fully saturated rings. The van der Waals surface area contributed by atoms with Crippen LogP contribution in [0.25, 0.3) is 5.57 Å². The van der Waals surface area contributed by atoms with Gasteiger partial charge in [-0.3, -0.25) is 0 Å². The average molecular weight is 403 g/mol. The van der Waals surface area contributed by atoms with Crippen molar-refractivity contribution in [1.29, 1.82) is 0 Å². The minimum absolute atomic E-state index is 0.474. The Balaban J connectivity index is 1.29. The fraction of sp³-hybridized carbons (Fsp3) is 0.704. The molecule has 0 spiro atoms. The highest BCUT2D eigenvalue weighted by Crippen LogP contribution is 2.36. The van der Waals surface area contributed by atoms with E-state index >= 15 is 0 Å². The highest BCUT2D eigenvalue weighted by Gasteiger charge is 2.21. The maximum atomic E-state index is 13.4. The minimum atomic E-state index is -0.474. The van der Waals surface area contributed by atoms with E-state index in [0.29, 0.717) is 0 Å². The van der Waals surface area contributed by atoms with Gasteiger partial charge in [-0.2, -0.15) is 0 Å². The van der Waals surface area contributed by atoms with Gasteiger partial charge in [-0.05, 0) is 60.3 Å². The molecule has 2 aliphatic carbocycles. The van der Waals surface area contributed by atoms with E-state index in [1.807, 2.05) is 0 Å². The largest absolute Gasteiger partial charge is 0.207 e. The Morgan fingerprint density at radius 2 is 1.28 bits per heavy atom. The number of allylic oxidation sites excluding steroid dienone is 2. The van der Waals surface area contributed by atoms with Crippen LogP contribution in [0, 0.1) is 29.4 Å². The first-order chi connectivity index (χ1) is 14.1. The van der Waals surface area contributed by atoms with Crippen molar-refractivity contribution in [3.05, 3.63) is 41.5 Å². The van der Waals surface area contributed by atoms with Crippen molar-refractivity contribution < 1.29 is 8.78 Å². The number of benzene rings is 1. The zero-order chi connectivity index (χ0) is 20.5. The van der Waals surface area contributed by atoms with Crippen LogP contribution >= 0.6 is 0 Å². The number of unbranched alkanes of at least 4 members (excludes halogenated alkanes) is 3. The second-order valence-corrected chi connectivity index (χ2v) is 9.69. The van der Waals surface area contributed by atoms with Gasteiger partial charge in [0.2, 0.25) is 0 Å². The molecule has 1 unspecified atom stereocenters. The van der Waals surface area contributed by atoms with Gasteiger partial charge in [0.05, 0.1) is 0 Å². The fourth-order valence-electron chi connectivity index (χ4n) is 5.51. The molecule has 0 bridgehead atoms. The van der Waals surface area contributed by atoms with E-state index in [4.69, 9.17) is 0 Å². The summed E-state index contributed by atoms with van der Waals surface area (Å²) in [6.07, 6.45) is 22.4. The lowest BCUT2D eigenvalue weighted by Crippen LogP contribution is -2.14. The Hall–Kier alpha value is -1.18. The summed E-state index contributed by atoms with van der Waals surface area (Å²) in [4.78, 5) is 0. The molecule has 2 aliphatic rings. The van der Waals surface area contributed by atoms with Gasteiger partial charge in [0, 0.05) is 6.07 Å². The Kier molecular flexibility index (Phi) is 9.21. The number of hydrogen-bond donors (Lipinski definition) is 0. The molecular weight excluding hydrogens is 362 g/mol. The van der Waals surface area contributed by atoms with E-state index in [0.717, 1.165) is 54.2 Å². The molecule has 0 radical (unpaired) electrons. The van der Waals surface area contributed by atoms with Gasteiger partial charge in [-0.25, -0.2) is 8.78 Å². The molecule has 0 N–H and O–H groups in total. The third-order valence-corrected chi connectivity index (χ3v) is 7.41. The van der Waals surface area contributed by atoms with Gasteiger partial charge in [-0.1, -0.05) is 90.0 Å². The monoisotopic (exact) mass is 402 g/mol. The van der Waals surface area contributed by atoms with Crippen molar-refractivity contribution in [2.75, 3.05) is 0 Å². The Bertz CT molecular complexity index is 620. The molecule has 0 saturated heterocycles. The highest BCUT2D eigenvalue weighted by atomic mass is 19.1. The normalized spacial score (nSPS) is 25.1. The molecule has 2 heteroatoms. The van der Waals surface area contributed by atoms with Crippen LogP contribution in [0.5, 0.6) is 0 Å². The van der Waals surface area contributed by atoms with Crippen molar-refractivity contribution in [3.8, 4) is 0 Å². The van der Waals surface area contributed by atoms with E-state index in [-0.39, 0.29) is 0 Å². The lowest BCUT2D eigenvalue weighted by atomic mass is 9.77. The predicted molar refractivity (Wildman–Crippen MR) is 120 cm³/mol. The summed E-state index contributed by atoms with van der Waals surface area (Å²) >= 11 is 0. The van der Waals surface area contributed by atoms with Gasteiger partial charge < -0.3 is 0 Å². The zero-order valence-electron chi connectivity index (χ0n) is 18.4. The van der Waals surface area contributed by atoms with Crippen LogP contribution in [0.3, 0.4) is 0 Å². The SMILES string of the molecule is CCCCCC1CCC(CCCCC2CC=C(c3cc(F)cc(F)c3)CC2)CC1. The Morgan fingerprint density at radius 1 is 0.724 bits per heavy atom. The summed E-state index contributed by atoms with van der Waals surface area (Å²) in [5.41, 5.74) is 1.85. The molecule has 0 heterocycles. The van der Waals surface area contributed by atoms with Gasteiger partial charge >= 0.3 is 0 Å². The van der Waals surface area contributed by atoms with Crippen molar-refractivity contribution in [3.63, 3.8) is 0 Å². The first kappa shape index (κ1) is 22.5. The molecule has 0 aliphatic heterocycles. The number of hydrogen-bond acceptors (Lipinski definition) is 0. The number of halogens is 2. The molecule has 1 aromatic rings. The third-order valence-electron chi connectivity index (χ3n) is 7.41. The van der Waals surface area contributed by atoms with Crippen LogP contribution in [0.15, 0.2) is 24.3 Å². The molecule has 0 nitrogen and oxygen atoms in total. The van der Waals surface area contributed by atoms with Crippen molar-refractivity contribution in [2.45, 2.75) is 103 Å². The first-order valence-electron chi connectivity index (χ1n) is 12.3. The quantitative estimate of drug-likeness (QED) is 0.342. The van der Waals surface area contributed by atoms with Gasteiger partial charge in [0.25, 0.3) is 0 Å². The molecule has 0 aromatic heterocycles. The van der Waals surface area contributed by atoms with E-state index in [1.165, 1.54) is 89.2 Å². The maximum absolute atomic E-state index is 13.4. The van der Waals surface area contributed by atoms with Crippen LogP contribution in [0.4, 0.5) is 8.78 Å². The molecule has 0 amide bonds. The molecule has 1 atom stereocenters. The van der Waals surface area contributed by atoms with Crippen molar-refractivity contribution in [2.24, 2.45) is 17.8 Å². The van der Waals surface area contributed by atoms with Crippen LogP contribution in [-0.4, -0.2) is 0 Å². The van der Waals surface area contributed by atoms with Crippen LogP contribution < -0.4 is 0 Å². The summed E-state index contributed by atoms with van der Waals surface area (Å²) in [5, 5.41) is 0. The van der Waals surface area contributed by atoms with Crippen LogP contribution in [0.1, 0.15) is 109 Å². The van der Waals surface area contributed by atoms with E-state index in [1.54, 1.807) is 0 Å². The Labute approximate surface area is 177 Å². The van der Waals surface area contributed by atoms with Crippen molar-refractivity contribution >= 4 is 5.57 Å². The maximum Gasteiger partial charge on any atom is 0.126 e. The minimum Gasteiger partial charge on any atom is -0.207 e. The molecule has 1 saturated carbocycles. The average Bonchev–Trinajstić information content (AvgIpc) is 2.72. The smallest absolute Gasteiger partial charge is 0.126 e. The summed E-state index contributed by atoms with van der Waals surface area (Å²) in [7, 11) is 0. The lowest BCUT2D eigenvalue weighted by molar-refractivity contribution is 0.243. The molecule has 162 valence electrons. The second-order valence-electron chi connectivity index (χ2n) is 9.69. The second kappa shape index (κ2) is 11.9. The molecule has 3 rings (SSSR count). The summed E-state index contributed by atoms with van der Waals surface area (Å²) < 4.78 is 26.9. The molecule has 29 heavy (non-hydrogen) atoms. The van der Waals surface area contributed by atoms with Gasteiger partial charge in [0.15, 0.2) is 0 Å². The van der Waals surface area contributed by atoms with E-state index < -0.39 is 11.6 Å². The molecule has 1 aromatic carbocycles. The number of rotatable bonds is 10. The van der Waals surface area contributed by atoms with Crippen LogP contribution in [0.2, 0.25) is 0 Å². The fourth-order valence-corrected chi connectivity index (χ4v) is 5.51. The van der Waals surface area contributed by atoms with E-state index in [2.05, 4.69) is 13.0 Å².